The van der Waals surface area contributed by atoms with Gasteiger partial charge in [0.15, 0.2) is 0 Å². The molecule has 3 aliphatic heterocycles. The smallest absolute Gasteiger partial charge is 0.227 e. The quantitative estimate of drug-likeness (QED) is 0.801. The maximum absolute atomic E-state index is 12.6. The van der Waals surface area contributed by atoms with Crippen LogP contribution in [-0.2, 0) is 11.3 Å². The van der Waals surface area contributed by atoms with Gasteiger partial charge in [-0.1, -0.05) is 12.8 Å². The van der Waals surface area contributed by atoms with Crippen LogP contribution in [0.2, 0.25) is 0 Å². The van der Waals surface area contributed by atoms with E-state index in [0.29, 0.717) is 18.5 Å². The molecule has 3 aliphatic rings. The molecule has 21 heavy (non-hydrogen) atoms. The Balaban J connectivity index is 1.71. The summed E-state index contributed by atoms with van der Waals surface area (Å²) in [6.45, 7) is 5.33. The molecule has 1 aromatic rings. The Morgan fingerprint density at radius 2 is 2.29 bits per heavy atom. The van der Waals surface area contributed by atoms with E-state index in [2.05, 4.69) is 33.5 Å². The summed E-state index contributed by atoms with van der Waals surface area (Å²) in [5.41, 5.74) is 2.85. The Morgan fingerprint density at radius 3 is 3.05 bits per heavy atom. The molecule has 4 rings (SSSR count). The zero-order valence-electron chi connectivity index (χ0n) is 12.4. The molecule has 0 aromatic carbocycles. The predicted molar refractivity (Wildman–Crippen MR) is 83.7 cm³/mol. The fraction of sp³-hybridized carbons (Fsp3) is 0.625. The first-order valence-electron chi connectivity index (χ1n) is 7.63. The molecule has 1 amide bonds. The predicted octanol–water partition coefficient (Wildman–Crippen LogP) is 1.98. The highest BCUT2D eigenvalue weighted by Gasteiger charge is 2.40. The second-order valence-electron chi connectivity index (χ2n) is 5.78. The number of hydrogen-bond donors (Lipinski definition) is 0. The SMILES string of the molecule is CCC#CCN1C[C@@H]2CC[C@H](C1)N(Cc1cscn1)C2=O. The van der Waals surface area contributed by atoms with Gasteiger partial charge in [0.25, 0.3) is 0 Å². The van der Waals surface area contributed by atoms with E-state index >= 15 is 0 Å². The van der Waals surface area contributed by atoms with E-state index in [4.69, 9.17) is 0 Å². The number of aromatic nitrogens is 1. The van der Waals surface area contributed by atoms with Gasteiger partial charge in [0.1, 0.15) is 0 Å². The number of carbonyl (C=O) groups is 1. The van der Waals surface area contributed by atoms with Crippen LogP contribution in [0.15, 0.2) is 10.9 Å². The third kappa shape index (κ3) is 3.28. The van der Waals surface area contributed by atoms with Crippen molar-refractivity contribution in [3.05, 3.63) is 16.6 Å². The average molecular weight is 303 g/mol. The second-order valence-corrected chi connectivity index (χ2v) is 6.49. The molecule has 0 aliphatic carbocycles. The summed E-state index contributed by atoms with van der Waals surface area (Å²) in [6, 6.07) is 0.321. The van der Waals surface area contributed by atoms with Crippen molar-refractivity contribution in [2.24, 2.45) is 5.92 Å². The maximum Gasteiger partial charge on any atom is 0.227 e. The molecular formula is C16H21N3OS. The summed E-state index contributed by atoms with van der Waals surface area (Å²) in [7, 11) is 0. The lowest BCUT2D eigenvalue weighted by Gasteiger charge is -2.35. The number of amides is 1. The van der Waals surface area contributed by atoms with Crippen molar-refractivity contribution in [2.75, 3.05) is 19.6 Å². The Morgan fingerprint density at radius 1 is 1.38 bits per heavy atom. The van der Waals surface area contributed by atoms with Gasteiger partial charge in [-0.3, -0.25) is 9.69 Å². The first kappa shape index (κ1) is 14.6. The minimum atomic E-state index is 0.144. The second kappa shape index (κ2) is 6.59. The molecule has 5 heteroatoms. The zero-order valence-corrected chi connectivity index (χ0v) is 13.2. The molecule has 2 atom stereocenters. The molecule has 112 valence electrons. The Labute approximate surface area is 130 Å². The average Bonchev–Trinajstić information content (AvgIpc) is 2.86. The van der Waals surface area contributed by atoms with Gasteiger partial charge >= 0.3 is 0 Å². The lowest BCUT2D eigenvalue weighted by atomic mass is 9.94. The van der Waals surface area contributed by atoms with Crippen LogP contribution in [0, 0.1) is 17.8 Å². The number of hydrogen-bond acceptors (Lipinski definition) is 4. The van der Waals surface area contributed by atoms with Crippen LogP contribution in [0.4, 0.5) is 0 Å². The highest BCUT2D eigenvalue weighted by molar-refractivity contribution is 7.07. The van der Waals surface area contributed by atoms with E-state index in [1.165, 1.54) is 0 Å². The van der Waals surface area contributed by atoms with Gasteiger partial charge in [0.2, 0.25) is 5.91 Å². The van der Waals surface area contributed by atoms with Gasteiger partial charge in [0, 0.05) is 30.9 Å². The molecule has 4 heterocycles. The maximum atomic E-state index is 12.6. The number of nitrogens with zero attached hydrogens (tertiary/aromatic N) is 3. The highest BCUT2D eigenvalue weighted by atomic mass is 32.1. The normalized spacial score (nSPS) is 25.6. The largest absolute Gasteiger partial charge is 0.332 e. The molecule has 3 saturated heterocycles. The summed E-state index contributed by atoms with van der Waals surface area (Å²) in [4.78, 5) is 21.4. The Hall–Kier alpha value is -1.38. The fourth-order valence-electron chi connectivity index (χ4n) is 3.25. The van der Waals surface area contributed by atoms with Gasteiger partial charge in [-0.25, -0.2) is 4.98 Å². The molecule has 3 fully saturated rings. The Kier molecular flexibility index (Phi) is 4.57. The summed E-state index contributed by atoms with van der Waals surface area (Å²) in [5.74, 6) is 6.79. The third-order valence-corrected chi connectivity index (χ3v) is 4.92. The molecular weight excluding hydrogens is 282 g/mol. The van der Waals surface area contributed by atoms with Crippen molar-refractivity contribution in [1.29, 1.82) is 0 Å². The van der Waals surface area contributed by atoms with E-state index in [1.54, 1.807) is 11.3 Å². The number of thiazole rings is 1. The number of carbonyl (C=O) groups excluding carboxylic acids is 1. The van der Waals surface area contributed by atoms with Crippen LogP contribution in [0.1, 0.15) is 31.9 Å². The lowest BCUT2D eigenvalue weighted by molar-refractivity contribution is -0.140. The van der Waals surface area contributed by atoms with Crippen LogP contribution in [0.3, 0.4) is 0 Å². The third-order valence-electron chi connectivity index (χ3n) is 4.29. The standard InChI is InChI=1S/C16H21N3OS/c1-2-3-4-7-18-8-13-5-6-15(10-18)19(16(13)20)9-14-11-21-12-17-14/h11-13,15H,2,5-10H2,1H3/t13-,15+/m0/s1. The van der Waals surface area contributed by atoms with E-state index in [0.717, 1.165) is 44.6 Å². The minimum Gasteiger partial charge on any atom is -0.332 e. The summed E-state index contributed by atoms with van der Waals surface area (Å²) in [5, 5.41) is 2.04. The molecule has 0 saturated carbocycles. The van der Waals surface area contributed by atoms with Crippen molar-refractivity contribution < 1.29 is 4.79 Å². The van der Waals surface area contributed by atoms with Crippen molar-refractivity contribution in [3.63, 3.8) is 0 Å². The van der Waals surface area contributed by atoms with Gasteiger partial charge < -0.3 is 4.90 Å². The van der Waals surface area contributed by atoms with Crippen LogP contribution < -0.4 is 0 Å². The van der Waals surface area contributed by atoms with Crippen molar-refractivity contribution in [1.82, 2.24) is 14.8 Å². The number of piperidine rings is 1. The number of fused-ring (bicyclic) bond motifs is 4. The van der Waals surface area contributed by atoms with Gasteiger partial charge in [0.05, 0.1) is 30.2 Å². The number of rotatable bonds is 3. The fourth-order valence-corrected chi connectivity index (χ4v) is 3.80. The minimum absolute atomic E-state index is 0.144. The lowest BCUT2D eigenvalue weighted by Crippen LogP contribution is -2.47. The van der Waals surface area contributed by atoms with Crippen LogP contribution in [-0.4, -0.2) is 46.4 Å². The molecule has 2 bridgehead atoms. The van der Waals surface area contributed by atoms with E-state index in [-0.39, 0.29) is 5.92 Å². The van der Waals surface area contributed by atoms with Gasteiger partial charge in [-0.15, -0.1) is 17.3 Å². The molecule has 0 spiro atoms. The van der Waals surface area contributed by atoms with Crippen LogP contribution in [0.5, 0.6) is 0 Å². The monoisotopic (exact) mass is 303 g/mol. The molecule has 0 N–H and O–H groups in total. The summed E-state index contributed by atoms with van der Waals surface area (Å²) >= 11 is 1.59. The van der Waals surface area contributed by atoms with Crippen LogP contribution in [0.25, 0.3) is 0 Å². The summed E-state index contributed by atoms with van der Waals surface area (Å²) in [6.07, 6.45) is 3.03. The Bertz CT molecular complexity index is 546. The molecule has 4 nitrogen and oxygen atoms in total. The van der Waals surface area contributed by atoms with Crippen molar-refractivity contribution in [2.45, 2.75) is 38.8 Å². The van der Waals surface area contributed by atoms with E-state index in [9.17, 15) is 4.79 Å². The van der Waals surface area contributed by atoms with Crippen LogP contribution >= 0.6 is 11.3 Å². The summed E-state index contributed by atoms with van der Waals surface area (Å²) < 4.78 is 0. The van der Waals surface area contributed by atoms with E-state index < -0.39 is 0 Å². The highest BCUT2D eigenvalue weighted by Crippen LogP contribution is 2.30. The molecule has 1 aromatic heterocycles. The van der Waals surface area contributed by atoms with E-state index in [1.807, 2.05) is 10.9 Å². The molecule has 0 radical (unpaired) electrons. The zero-order chi connectivity index (χ0) is 14.7. The van der Waals surface area contributed by atoms with Gasteiger partial charge in [-0.05, 0) is 12.8 Å². The first-order chi connectivity index (χ1) is 10.3. The van der Waals surface area contributed by atoms with Gasteiger partial charge in [-0.2, -0.15) is 0 Å². The first-order valence-corrected chi connectivity index (χ1v) is 8.57. The van der Waals surface area contributed by atoms with Crippen molar-refractivity contribution >= 4 is 17.2 Å². The topological polar surface area (TPSA) is 36.4 Å². The molecule has 0 unspecified atom stereocenters. The van der Waals surface area contributed by atoms with Crippen molar-refractivity contribution in [3.8, 4) is 11.8 Å².